The van der Waals surface area contributed by atoms with Gasteiger partial charge in [0.25, 0.3) is 5.91 Å². The van der Waals surface area contributed by atoms with Gasteiger partial charge in [-0.15, -0.1) is 0 Å². The first-order valence-corrected chi connectivity index (χ1v) is 8.70. The van der Waals surface area contributed by atoms with E-state index in [0.29, 0.717) is 22.9 Å². The van der Waals surface area contributed by atoms with Gasteiger partial charge in [0.2, 0.25) is 0 Å². The van der Waals surface area contributed by atoms with Crippen LogP contribution in [0.1, 0.15) is 12.0 Å². The number of amides is 3. The Kier molecular flexibility index (Phi) is 5.75. The van der Waals surface area contributed by atoms with Crippen LogP contribution in [-0.2, 0) is 16.0 Å². The minimum absolute atomic E-state index is 0.0359. The third-order valence-electron chi connectivity index (χ3n) is 4.13. The van der Waals surface area contributed by atoms with Gasteiger partial charge in [-0.3, -0.25) is 4.79 Å². The molecule has 0 aliphatic carbocycles. The molecule has 0 radical (unpaired) electrons. The summed E-state index contributed by atoms with van der Waals surface area (Å²) in [6, 6.07) is 12.1. The van der Waals surface area contributed by atoms with Crippen molar-refractivity contribution in [2.45, 2.75) is 12.8 Å². The zero-order chi connectivity index (χ0) is 18.5. The minimum Gasteiger partial charge on any atom is -0.375 e. The molecule has 0 aromatic heterocycles. The van der Waals surface area contributed by atoms with Crippen molar-refractivity contribution in [3.05, 3.63) is 53.1 Å². The number of hydrogen-bond donors (Lipinski definition) is 2. The summed E-state index contributed by atoms with van der Waals surface area (Å²) in [5.41, 5.74) is 3.17. The average molecular weight is 374 g/mol. The molecule has 2 N–H and O–H groups in total. The third kappa shape index (κ3) is 4.33. The van der Waals surface area contributed by atoms with E-state index in [4.69, 9.17) is 16.3 Å². The number of aryl methyl sites for hydroxylation is 1. The Labute approximate surface area is 157 Å². The van der Waals surface area contributed by atoms with Gasteiger partial charge in [0, 0.05) is 35.7 Å². The summed E-state index contributed by atoms with van der Waals surface area (Å²) in [5, 5.41) is 6.14. The molecule has 0 bridgehead atoms. The minimum atomic E-state index is -0.363. The van der Waals surface area contributed by atoms with E-state index in [0.717, 1.165) is 24.1 Å². The third-order valence-corrected chi connectivity index (χ3v) is 4.38. The highest BCUT2D eigenvalue weighted by Crippen LogP contribution is 2.30. The van der Waals surface area contributed by atoms with Crippen LogP contribution in [0.4, 0.5) is 21.9 Å². The number of nitrogens with zero attached hydrogens (tertiary/aromatic N) is 1. The average Bonchev–Trinajstić information content (AvgIpc) is 2.63. The van der Waals surface area contributed by atoms with Gasteiger partial charge in [0.1, 0.15) is 6.61 Å². The van der Waals surface area contributed by atoms with Crippen LogP contribution in [-0.4, -0.2) is 32.2 Å². The maximum absolute atomic E-state index is 12.3. The maximum Gasteiger partial charge on any atom is 0.323 e. The zero-order valence-electron chi connectivity index (χ0n) is 14.4. The Morgan fingerprint density at radius 1 is 1.12 bits per heavy atom. The molecule has 3 rings (SSSR count). The van der Waals surface area contributed by atoms with Crippen molar-refractivity contribution in [3.63, 3.8) is 0 Å². The van der Waals surface area contributed by atoms with E-state index >= 15 is 0 Å². The second-order valence-corrected chi connectivity index (χ2v) is 6.45. The Morgan fingerprint density at radius 2 is 1.81 bits per heavy atom. The molecule has 26 heavy (non-hydrogen) atoms. The fourth-order valence-corrected chi connectivity index (χ4v) is 3.07. The highest BCUT2D eigenvalue weighted by Gasteiger charge is 2.22. The van der Waals surface area contributed by atoms with Gasteiger partial charge in [-0.2, -0.15) is 0 Å². The summed E-state index contributed by atoms with van der Waals surface area (Å²) in [6.45, 7) is 0.684. The van der Waals surface area contributed by atoms with E-state index in [-0.39, 0.29) is 18.5 Å². The van der Waals surface area contributed by atoms with Crippen molar-refractivity contribution >= 4 is 40.6 Å². The number of benzene rings is 2. The van der Waals surface area contributed by atoms with Gasteiger partial charge in [-0.05, 0) is 54.8 Å². The Morgan fingerprint density at radius 3 is 2.54 bits per heavy atom. The first-order chi connectivity index (χ1) is 12.6. The predicted octanol–water partition coefficient (Wildman–Crippen LogP) is 3.91. The summed E-state index contributed by atoms with van der Waals surface area (Å²) in [4.78, 5) is 26.2. The molecule has 136 valence electrons. The molecule has 2 aromatic rings. The van der Waals surface area contributed by atoms with E-state index < -0.39 is 0 Å². The molecule has 7 heteroatoms. The second-order valence-electron chi connectivity index (χ2n) is 6.01. The first-order valence-electron chi connectivity index (χ1n) is 8.32. The number of nitrogens with one attached hydrogen (secondary N) is 2. The highest BCUT2D eigenvalue weighted by atomic mass is 35.5. The van der Waals surface area contributed by atoms with Crippen molar-refractivity contribution < 1.29 is 14.3 Å². The molecule has 1 aliphatic rings. The summed E-state index contributed by atoms with van der Waals surface area (Å²) in [7, 11) is 1.50. The van der Waals surface area contributed by atoms with Gasteiger partial charge < -0.3 is 20.3 Å². The lowest BCUT2D eigenvalue weighted by molar-refractivity contribution is -0.122. The lowest BCUT2D eigenvalue weighted by atomic mass is 10.0. The number of rotatable bonds is 4. The monoisotopic (exact) mass is 373 g/mol. The van der Waals surface area contributed by atoms with Crippen molar-refractivity contribution in [1.82, 2.24) is 0 Å². The summed E-state index contributed by atoms with van der Waals surface area (Å²) in [5.74, 6) is -0.0868. The number of anilines is 3. The lowest BCUT2D eigenvalue weighted by Crippen LogP contribution is -2.37. The Bertz CT molecular complexity index is 808. The molecular formula is C19H20ClN3O3. The van der Waals surface area contributed by atoms with E-state index in [2.05, 4.69) is 10.6 Å². The number of carbonyl (C=O) groups is 2. The smallest absolute Gasteiger partial charge is 0.323 e. The topological polar surface area (TPSA) is 70.7 Å². The van der Waals surface area contributed by atoms with Gasteiger partial charge in [0.15, 0.2) is 0 Å². The van der Waals surface area contributed by atoms with Crippen LogP contribution in [0.3, 0.4) is 0 Å². The van der Waals surface area contributed by atoms with Crippen molar-refractivity contribution in [2.75, 3.05) is 35.8 Å². The molecule has 0 saturated carbocycles. The van der Waals surface area contributed by atoms with E-state index in [9.17, 15) is 9.59 Å². The largest absolute Gasteiger partial charge is 0.375 e. The van der Waals surface area contributed by atoms with Gasteiger partial charge in [-0.1, -0.05) is 17.7 Å². The summed E-state index contributed by atoms with van der Waals surface area (Å²) < 4.78 is 4.96. The first kappa shape index (κ1) is 18.2. The number of urea groups is 1. The van der Waals surface area contributed by atoms with Gasteiger partial charge in [0.05, 0.1) is 0 Å². The number of ether oxygens (including phenoxy) is 1. The quantitative estimate of drug-likeness (QED) is 0.853. The van der Waals surface area contributed by atoms with Gasteiger partial charge in [-0.25, -0.2) is 4.79 Å². The fraction of sp³-hybridized carbons (Fsp3) is 0.263. The standard InChI is InChI=1S/C19H20ClN3O3/c1-26-12-18(24)23-10-2-3-13-4-7-16(11-17(13)23)22-19(25)21-15-8-5-14(20)6-9-15/h4-9,11H,2-3,10,12H2,1H3,(H2,21,22,25). The molecule has 0 unspecified atom stereocenters. The number of halogens is 1. The fourth-order valence-electron chi connectivity index (χ4n) is 2.94. The Balaban J connectivity index is 1.73. The number of carbonyl (C=O) groups excluding carboxylic acids is 2. The van der Waals surface area contributed by atoms with Crippen LogP contribution < -0.4 is 15.5 Å². The number of hydrogen-bond acceptors (Lipinski definition) is 3. The molecule has 1 aliphatic heterocycles. The van der Waals surface area contributed by atoms with E-state index in [1.807, 2.05) is 18.2 Å². The molecular weight excluding hydrogens is 354 g/mol. The summed E-state index contributed by atoms with van der Waals surface area (Å²) >= 11 is 5.84. The molecule has 0 atom stereocenters. The van der Waals surface area contributed by atoms with E-state index in [1.165, 1.54) is 7.11 Å². The maximum atomic E-state index is 12.3. The molecule has 1 heterocycles. The molecule has 0 spiro atoms. The number of fused-ring (bicyclic) bond motifs is 1. The van der Waals surface area contributed by atoms with E-state index in [1.54, 1.807) is 29.2 Å². The predicted molar refractivity (Wildman–Crippen MR) is 103 cm³/mol. The zero-order valence-corrected chi connectivity index (χ0v) is 15.2. The van der Waals surface area contributed by atoms with Crippen LogP contribution in [0.5, 0.6) is 0 Å². The molecule has 2 aromatic carbocycles. The van der Waals surface area contributed by atoms with Crippen molar-refractivity contribution in [1.29, 1.82) is 0 Å². The Hall–Kier alpha value is -2.57. The van der Waals surface area contributed by atoms with Crippen molar-refractivity contribution in [3.8, 4) is 0 Å². The summed E-state index contributed by atoms with van der Waals surface area (Å²) in [6.07, 6.45) is 1.82. The van der Waals surface area contributed by atoms with Crippen LogP contribution >= 0.6 is 11.6 Å². The SMILES string of the molecule is COCC(=O)N1CCCc2ccc(NC(=O)Nc3ccc(Cl)cc3)cc21. The normalized spacial score (nSPS) is 13.1. The van der Waals surface area contributed by atoms with Crippen LogP contribution in [0.25, 0.3) is 0 Å². The lowest BCUT2D eigenvalue weighted by Gasteiger charge is -2.29. The molecule has 0 fully saturated rings. The molecule has 0 saturated heterocycles. The van der Waals surface area contributed by atoms with Crippen LogP contribution in [0.2, 0.25) is 5.02 Å². The molecule has 3 amide bonds. The second kappa shape index (κ2) is 8.21. The van der Waals surface area contributed by atoms with Crippen LogP contribution in [0, 0.1) is 0 Å². The van der Waals surface area contributed by atoms with Crippen molar-refractivity contribution in [2.24, 2.45) is 0 Å². The van der Waals surface area contributed by atoms with Gasteiger partial charge >= 0.3 is 6.03 Å². The van der Waals surface area contributed by atoms with Crippen LogP contribution in [0.15, 0.2) is 42.5 Å². The number of methoxy groups -OCH3 is 1. The molecule has 6 nitrogen and oxygen atoms in total. The highest BCUT2D eigenvalue weighted by molar-refractivity contribution is 6.30.